The van der Waals surface area contributed by atoms with Gasteiger partial charge in [-0.05, 0) is 18.8 Å². The highest BCUT2D eigenvalue weighted by molar-refractivity contribution is 7.88. The van der Waals surface area contributed by atoms with Crippen molar-refractivity contribution in [2.75, 3.05) is 6.26 Å². The molecule has 0 heterocycles. The summed E-state index contributed by atoms with van der Waals surface area (Å²) >= 11 is 0. The summed E-state index contributed by atoms with van der Waals surface area (Å²) < 4.78 is 23.6. The molecule has 0 aromatic rings. The lowest BCUT2D eigenvalue weighted by Gasteiger charge is -2.06. The highest BCUT2D eigenvalue weighted by Gasteiger charge is 2.32. The van der Waals surface area contributed by atoms with Gasteiger partial charge in [0.05, 0.1) is 12.3 Å². The summed E-state index contributed by atoms with van der Waals surface area (Å²) in [6.07, 6.45) is 2.99. The monoisotopic (exact) mass is 174 g/mol. The van der Waals surface area contributed by atoms with Gasteiger partial charge < -0.3 is 0 Å². The fraction of sp³-hybridized carbons (Fsp3) is 0.833. The highest BCUT2D eigenvalue weighted by Crippen LogP contribution is 2.32. The molecule has 0 aliphatic heterocycles. The molecule has 0 amide bonds. The summed E-state index contributed by atoms with van der Waals surface area (Å²) in [4.78, 5) is 0. The fourth-order valence-corrected chi connectivity index (χ4v) is 1.59. The van der Waals surface area contributed by atoms with Gasteiger partial charge in [0.1, 0.15) is 6.04 Å². The van der Waals surface area contributed by atoms with Gasteiger partial charge in [-0.25, -0.2) is 8.42 Å². The maximum atomic E-state index is 10.7. The van der Waals surface area contributed by atoms with Gasteiger partial charge in [0.2, 0.25) is 10.0 Å². The summed E-state index contributed by atoms with van der Waals surface area (Å²) in [5, 5.41) is 8.52. The minimum absolute atomic E-state index is 0.245. The zero-order valence-electron chi connectivity index (χ0n) is 6.24. The van der Waals surface area contributed by atoms with Gasteiger partial charge in [-0.3, -0.25) is 0 Å². The van der Waals surface area contributed by atoms with Crippen LogP contribution in [0.1, 0.15) is 12.8 Å². The number of nitrogens with zero attached hydrogens (tertiary/aromatic N) is 1. The molecule has 1 atom stereocenters. The Morgan fingerprint density at radius 2 is 2.18 bits per heavy atom. The second-order valence-corrected chi connectivity index (χ2v) is 4.61. The standard InChI is InChI=1S/C6H10N2O2S/c1-11(9,10)8-6(4-7)5-2-3-5/h5-6,8H,2-3H2,1H3. The third-order valence-electron chi connectivity index (χ3n) is 1.57. The van der Waals surface area contributed by atoms with E-state index in [1.165, 1.54) is 0 Å². The van der Waals surface area contributed by atoms with Crippen LogP contribution < -0.4 is 4.72 Å². The van der Waals surface area contributed by atoms with Crippen LogP contribution in [0.5, 0.6) is 0 Å². The predicted octanol–water partition coefficient (Wildman–Crippen LogP) is -0.162. The van der Waals surface area contributed by atoms with Crippen LogP contribution in [0.2, 0.25) is 0 Å². The number of nitrogens with one attached hydrogen (secondary N) is 1. The first-order chi connectivity index (χ1) is 5.03. The number of hydrogen-bond donors (Lipinski definition) is 1. The van der Waals surface area contributed by atoms with Crippen LogP contribution in [-0.4, -0.2) is 20.7 Å². The van der Waals surface area contributed by atoms with Crippen molar-refractivity contribution in [1.29, 1.82) is 5.26 Å². The number of rotatable bonds is 3. The minimum Gasteiger partial charge on any atom is -0.213 e. The van der Waals surface area contributed by atoms with Crippen molar-refractivity contribution in [3.8, 4) is 6.07 Å². The summed E-state index contributed by atoms with van der Waals surface area (Å²) in [6, 6.07) is 1.42. The number of sulfonamides is 1. The van der Waals surface area contributed by atoms with Crippen LogP contribution >= 0.6 is 0 Å². The van der Waals surface area contributed by atoms with Crippen LogP contribution in [-0.2, 0) is 10.0 Å². The summed E-state index contributed by atoms with van der Waals surface area (Å²) in [7, 11) is -3.21. The van der Waals surface area contributed by atoms with E-state index in [4.69, 9.17) is 5.26 Å². The minimum atomic E-state index is -3.21. The smallest absolute Gasteiger partial charge is 0.209 e. The third-order valence-corrected chi connectivity index (χ3v) is 2.26. The van der Waals surface area contributed by atoms with Gasteiger partial charge in [-0.15, -0.1) is 0 Å². The van der Waals surface area contributed by atoms with Crippen LogP contribution in [0.15, 0.2) is 0 Å². The summed E-state index contributed by atoms with van der Waals surface area (Å²) in [5.74, 6) is 0.245. The quantitative estimate of drug-likeness (QED) is 0.646. The van der Waals surface area contributed by atoms with Gasteiger partial charge in [-0.1, -0.05) is 0 Å². The lowest BCUT2D eigenvalue weighted by Crippen LogP contribution is -2.34. The van der Waals surface area contributed by atoms with E-state index >= 15 is 0 Å². The van der Waals surface area contributed by atoms with E-state index in [1.54, 1.807) is 0 Å². The molecule has 0 aromatic heterocycles. The van der Waals surface area contributed by atoms with Crippen molar-refractivity contribution in [2.24, 2.45) is 5.92 Å². The SMILES string of the molecule is CS(=O)(=O)NC(C#N)C1CC1. The van der Waals surface area contributed by atoms with E-state index in [2.05, 4.69) is 4.72 Å². The molecule has 1 rings (SSSR count). The van der Waals surface area contributed by atoms with E-state index in [0.29, 0.717) is 0 Å². The molecule has 1 aliphatic rings. The first-order valence-electron chi connectivity index (χ1n) is 3.40. The first-order valence-corrected chi connectivity index (χ1v) is 5.29. The van der Waals surface area contributed by atoms with E-state index in [-0.39, 0.29) is 5.92 Å². The maximum Gasteiger partial charge on any atom is 0.209 e. The molecular formula is C6H10N2O2S. The van der Waals surface area contributed by atoms with Crippen molar-refractivity contribution in [3.05, 3.63) is 0 Å². The lowest BCUT2D eigenvalue weighted by molar-refractivity contribution is 0.566. The van der Waals surface area contributed by atoms with Gasteiger partial charge in [0.15, 0.2) is 0 Å². The number of nitriles is 1. The van der Waals surface area contributed by atoms with Crippen LogP contribution in [0.3, 0.4) is 0 Å². The average molecular weight is 174 g/mol. The van der Waals surface area contributed by atoms with Crippen LogP contribution in [0.25, 0.3) is 0 Å². The van der Waals surface area contributed by atoms with Gasteiger partial charge in [-0.2, -0.15) is 9.98 Å². The zero-order valence-corrected chi connectivity index (χ0v) is 7.06. The predicted molar refractivity (Wildman–Crippen MR) is 40.1 cm³/mol. The third kappa shape index (κ3) is 2.87. The first kappa shape index (κ1) is 8.50. The molecule has 1 N–H and O–H groups in total. The Kier molecular flexibility index (Phi) is 2.16. The molecule has 0 bridgehead atoms. The molecule has 0 spiro atoms. The van der Waals surface area contributed by atoms with Crippen molar-refractivity contribution < 1.29 is 8.42 Å². The molecule has 5 heteroatoms. The van der Waals surface area contributed by atoms with Gasteiger partial charge in [0.25, 0.3) is 0 Å². The molecule has 1 fully saturated rings. The number of hydrogen-bond acceptors (Lipinski definition) is 3. The molecule has 0 aromatic carbocycles. The van der Waals surface area contributed by atoms with Crippen molar-refractivity contribution in [1.82, 2.24) is 4.72 Å². The Labute approximate surface area is 66.3 Å². The maximum absolute atomic E-state index is 10.7. The Balaban J connectivity index is 2.52. The molecule has 1 aliphatic carbocycles. The molecule has 1 unspecified atom stereocenters. The molecule has 62 valence electrons. The Hall–Kier alpha value is -0.600. The van der Waals surface area contributed by atoms with Gasteiger partial charge >= 0.3 is 0 Å². The van der Waals surface area contributed by atoms with E-state index in [9.17, 15) is 8.42 Å². The molecule has 0 saturated heterocycles. The lowest BCUT2D eigenvalue weighted by atomic mass is 10.2. The topological polar surface area (TPSA) is 70.0 Å². The second kappa shape index (κ2) is 2.80. The fourth-order valence-electron chi connectivity index (χ4n) is 0.888. The van der Waals surface area contributed by atoms with E-state index in [1.807, 2.05) is 6.07 Å². The molecule has 0 radical (unpaired) electrons. The Morgan fingerprint density at radius 3 is 2.45 bits per heavy atom. The largest absolute Gasteiger partial charge is 0.213 e. The summed E-state index contributed by atoms with van der Waals surface area (Å²) in [5.41, 5.74) is 0. The molecular weight excluding hydrogens is 164 g/mol. The Bertz CT molecular complexity index is 273. The zero-order chi connectivity index (χ0) is 8.48. The normalized spacial score (nSPS) is 20.7. The molecule has 1 saturated carbocycles. The van der Waals surface area contributed by atoms with Crippen LogP contribution in [0, 0.1) is 17.2 Å². The van der Waals surface area contributed by atoms with Gasteiger partial charge in [0, 0.05) is 0 Å². The van der Waals surface area contributed by atoms with E-state index in [0.717, 1.165) is 19.1 Å². The second-order valence-electron chi connectivity index (χ2n) is 2.83. The van der Waals surface area contributed by atoms with Crippen LogP contribution in [0.4, 0.5) is 0 Å². The van der Waals surface area contributed by atoms with Crippen molar-refractivity contribution in [2.45, 2.75) is 18.9 Å². The molecule has 4 nitrogen and oxygen atoms in total. The molecule has 11 heavy (non-hydrogen) atoms. The van der Waals surface area contributed by atoms with Crippen molar-refractivity contribution >= 4 is 10.0 Å². The Morgan fingerprint density at radius 1 is 1.64 bits per heavy atom. The van der Waals surface area contributed by atoms with Crippen molar-refractivity contribution in [3.63, 3.8) is 0 Å². The highest BCUT2D eigenvalue weighted by atomic mass is 32.2. The average Bonchev–Trinajstić information content (AvgIpc) is 2.61. The van der Waals surface area contributed by atoms with E-state index < -0.39 is 16.1 Å². The summed E-state index contributed by atoms with van der Waals surface area (Å²) in [6.45, 7) is 0.